The Morgan fingerprint density at radius 3 is 2.94 bits per heavy atom. The number of hydrogen-bond donors (Lipinski definition) is 2. The van der Waals surface area contributed by atoms with E-state index in [1.165, 1.54) is 0 Å². The van der Waals surface area contributed by atoms with Gasteiger partial charge in [0.2, 0.25) is 5.91 Å². The minimum absolute atomic E-state index is 0.000571. The van der Waals surface area contributed by atoms with Crippen LogP contribution in [0.3, 0.4) is 0 Å². The van der Waals surface area contributed by atoms with Gasteiger partial charge in [0.25, 0.3) is 0 Å². The van der Waals surface area contributed by atoms with Gasteiger partial charge >= 0.3 is 0 Å². The molecule has 5 nitrogen and oxygen atoms in total. The summed E-state index contributed by atoms with van der Waals surface area (Å²) in [5.41, 5.74) is 0. The number of carbonyl (C=O) groups is 1. The number of hydrogen-bond acceptors (Lipinski definition) is 4. The van der Waals surface area contributed by atoms with Crippen molar-refractivity contribution in [3.63, 3.8) is 0 Å². The standard InChI is InChI=1S/C12H17NO4/c14-8-9(4-11-2-1-3-17-11)6-13-7-10(15)5-12(13)16/h1-3,9-10,14-15H,4-8H2. The normalized spacial score (nSPS) is 22.1. The number of nitrogens with zero attached hydrogens (tertiary/aromatic N) is 1. The largest absolute Gasteiger partial charge is 0.469 e. The molecule has 1 saturated heterocycles. The predicted molar refractivity (Wildman–Crippen MR) is 60.2 cm³/mol. The van der Waals surface area contributed by atoms with E-state index in [4.69, 9.17) is 4.42 Å². The lowest BCUT2D eigenvalue weighted by atomic mass is 10.0. The Labute approximate surface area is 99.6 Å². The highest BCUT2D eigenvalue weighted by molar-refractivity contribution is 5.79. The van der Waals surface area contributed by atoms with Gasteiger partial charge in [0.1, 0.15) is 5.76 Å². The molecule has 2 heterocycles. The molecular formula is C12H17NO4. The Morgan fingerprint density at radius 2 is 2.41 bits per heavy atom. The lowest BCUT2D eigenvalue weighted by Crippen LogP contribution is -2.33. The second-order valence-electron chi connectivity index (χ2n) is 4.49. The fourth-order valence-electron chi connectivity index (χ4n) is 2.14. The molecule has 2 rings (SSSR count). The number of likely N-dealkylation sites (tertiary alicyclic amines) is 1. The topological polar surface area (TPSA) is 73.9 Å². The van der Waals surface area contributed by atoms with E-state index in [9.17, 15) is 15.0 Å². The van der Waals surface area contributed by atoms with Crippen LogP contribution in [0, 0.1) is 5.92 Å². The summed E-state index contributed by atoms with van der Waals surface area (Å²) in [6.45, 7) is 0.834. The molecule has 2 atom stereocenters. The Morgan fingerprint density at radius 1 is 1.59 bits per heavy atom. The van der Waals surface area contributed by atoms with Crippen LogP contribution in [0.1, 0.15) is 12.2 Å². The van der Waals surface area contributed by atoms with Crippen molar-refractivity contribution in [2.24, 2.45) is 5.92 Å². The van der Waals surface area contributed by atoms with Crippen LogP contribution in [0.2, 0.25) is 0 Å². The Bertz CT molecular complexity index is 363. The highest BCUT2D eigenvalue weighted by Crippen LogP contribution is 2.16. The number of rotatable bonds is 5. The molecule has 1 aromatic heterocycles. The fraction of sp³-hybridized carbons (Fsp3) is 0.583. The second-order valence-corrected chi connectivity index (χ2v) is 4.49. The van der Waals surface area contributed by atoms with Crippen molar-refractivity contribution in [1.82, 2.24) is 4.90 Å². The van der Waals surface area contributed by atoms with Crippen LogP contribution in [-0.4, -0.2) is 46.8 Å². The first-order chi connectivity index (χ1) is 8.19. The first-order valence-electron chi connectivity index (χ1n) is 5.78. The zero-order chi connectivity index (χ0) is 12.3. The molecule has 0 saturated carbocycles. The molecule has 0 aliphatic carbocycles. The van der Waals surface area contributed by atoms with E-state index >= 15 is 0 Å². The van der Waals surface area contributed by atoms with Crippen LogP contribution < -0.4 is 0 Å². The van der Waals surface area contributed by atoms with E-state index in [0.29, 0.717) is 19.5 Å². The molecule has 0 aromatic carbocycles. The van der Waals surface area contributed by atoms with Crippen molar-refractivity contribution in [2.75, 3.05) is 19.7 Å². The maximum Gasteiger partial charge on any atom is 0.225 e. The van der Waals surface area contributed by atoms with Crippen LogP contribution in [0.25, 0.3) is 0 Å². The minimum atomic E-state index is -0.564. The lowest BCUT2D eigenvalue weighted by molar-refractivity contribution is -0.128. The summed E-state index contributed by atoms with van der Waals surface area (Å²) in [5.74, 6) is 0.710. The van der Waals surface area contributed by atoms with Gasteiger partial charge in [-0.2, -0.15) is 0 Å². The third-order valence-electron chi connectivity index (χ3n) is 3.00. The number of aliphatic hydroxyl groups excluding tert-OH is 2. The molecule has 0 spiro atoms. The summed E-state index contributed by atoms with van der Waals surface area (Å²) in [7, 11) is 0. The molecule has 0 bridgehead atoms. The van der Waals surface area contributed by atoms with Crippen LogP contribution >= 0.6 is 0 Å². The summed E-state index contributed by atoms with van der Waals surface area (Å²) >= 11 is 0. The average molecular weight is 239 g/mol. The van der Waals surface area contributed by atoms with Gasteiger partial charge in [0, 0.05) is 32.0 Å². The van der Waals surface area contributed by atoms with Crippen molar-refractivity contribution < 1.29 is 19.4 Å². The van der Waals surface area contributed by atoms with Gasteiger partial charge in [0.05, 0.1) is 18.8 Å². The smallest absolute Gasteiger partial charge is 0.225 e. The number of amides is 1. The number of furan rings is 1. The van der Waals surface area contributed by atoms with E-state index in [1.807, 2.05) is 6.07 Å². The van der Waals surface area contributed by atoms with E-state index in [-0.39, 0.29) is 24.9 Å². The van der Waals surface area contributed by atoms with Crippen molar-refractivity contribution in [2.45, 2.75) is 18.9 Å². The predicted octanol–water partition coefficient (Wildman–Crippen LogP) is 0.0238. The Hall–Kier alpha value is -1.33. The van der Waals surface area contributed by atoms with Gasteiger partial charge < -0.3 is 19.5 Å². The number of carbonyl (C=O) groups excluding carboxylic acids is 1. The molecular weight excluding hydrogens is 222 g/mol. The van der Waals surface area contributed by atoms with E-state index < -0.39 is 6.10 Å². The van der Waals surface area contributed by atoms with Crippen LogP contribution in [-0.2, 0) is 11.2 Å². The number of β-amino-alcohol motifs (C(OH)–C–C–N with tert-alkyl or cyclic N) is 1. The minimum Gasteiger partial charge on any atom is -0.469 e. The van der Waals surface area contributed by atoms with Crippen LogP contribution in [0.4, 0.5) is 0 Å². The van der Waals surface area contributed by atoms with E-state index in [0.717, 1.165) is 5.76 Å². The van der Waals surface area contributed by atoms with E-state index in [1.54, 1.807) is 17.2 Å². The molecule has 5 heteroatoms. The van der Waals surface area contributed by atoms with Gasteiger partial charge in [-0.25, -0.2) is 0 Å². The summed E-state index contributed by atoms with van der Waals surface area (Å²) in [4.78, 5) is 13.1. The molecule has 0 radical (unpaired) electrons. The maximum absolute atomic E-state index is 11.5. The molecule has 2 N–H and O–H groups in total. The van der Waals surface area contributed by atoms with Crippen molar-refractivity contribution >= 4 is 5.91 Å². The SMILES string of the molecule is O=C1CC(O)CN1CC(CO)Cc1ccco1. The molecule has 1 amide bonds. The average Bonchev–Trinajstić information content (AvgIpc) is 2.88. The van der Waals surface area contributed by atoms with Crippen molar-refractivity contribution in [1.29, 1.82) is 0 Å². The molecule has 1 fully saturated rings. The van der Waals surface area contributed by atoms with Gasteiger partial charge in [-0.05, 0) is 12.1 Å². The highest BCUT2D eigenvalue weighted by atomic mass is 16.3. The molecule has 1 aliphatic rings. The van der Waals surface area contributed by atoms with Crippen molar-refractivity contribution in [3.05, 3.63) is 24.2 Å². The molecule has 94 valence electrons. The molecule has 1 aliphatic heterocycles. The maximum atomic E-state index is 11.5. The molecule has 1 aromatic rings. The summed E-state index contributed by atoms with van der Waals surface area (Å²) < 4.78 is 5.21. The Balaban J connectivity index is 1.89. The second kappa shape index (κ2) is 5.33. The number of aliphatic hydroxyl groups is 2. The van der Waals surface area contributed by atoms with Gasteiger partial charge in [-0.15, -0.1) is 0 Å². The molecule has 2 unspecified atom stereocenters. The van der Waals surface area contributed by atoms with Crippen LogP contribution in [0.15, 0.2) is 22.8 Å². The Kier molecular flexibility index (Phi) is 3.81. The first-order valence-corrected chi connectivity index (χ1v) is 5.78. The fourth-order valence-corrected chi connectivity index (χ4v) is 2.14. The van der Waals surface area contributed by atoms with Crippen molar-refractivity contribution in [3.8, 4) is 0 Å². The van der Waals surface area contributed by atoms with Gasteiger partial charge in [-0.3, -0.25) is 4.79 Å². The third-order valence-corrected chi connectivity index (χ3v) is 3.00. The van der Waals surface area contributed by atoms with Crippen LogP contribution in [0.5, 0.6) is 0 Å². The zero-order valence-corrected chi connectivity index (χ0v) is 9.58. The summed E-state index contributed by atoms with van der Waals surface area (Å²) in [5, 5.41) is 18.7. The highest BCUT2D eigenvalue weighted by Gasteiger charge is 2.29. The van der Waals surface area contributed by atoms with Gasteiger partial charge in [0.15, 0.2) is 0 Å². The summed E-state index contributed by atoms with van der Waals surface area (Å²) in [6, 6.07) is 3.65. The lowest BCUT2D eigenvalue weighted by Gasteiger charge is -2.21. The monoisotopic (exact) mass is 239 g/mol. The first kappa shape index (κ1) is 12.1. The zero-order valence-electron chi connectivity index (χ0n) is 9.58. The summed E-state index contributed by atoms with van der Waals surface area (Å²) in [6.07, 6.45) is 1.82. The quantitative estimate of drug-likeness (QED) is 0.760. The molecule has 17 heavy (non-hydrogen) atoms. The van der Waals surface area contributed by atoms with E-state index in [2.05, 4.69) is 0 Å². The van der Waals surface area contributed by atoms with Gasteiger partial charge in [-0.1, -0.05) is 0 Å². The third kappa shape index (κ3) is 3.08.